The third-order valence-electron chi connectivity index (χ3n) is 3.69. The second kappa shape index (κ2) is 3.76. The summed E-state index contributed by atoms with van der Waals surface area (Å²) in [4.78, 5) is 4.55. The average Bonchev–Trinajstić information content (AvgIpc) is 2.69. The minimum atomic E-state index is -0.288. The number of nitrogens with zero attached hydrogens (tertiary/aromatic N) is 2. The topological polar surface area (TPSA) is 17.8 Å². The van der Waals surface area contributed by atoms with Crippen molar-refractivity contribution in [2.45, 2.75) is 0 Å². The monoisotopic (exact) mass is 268 g/mol. The molecule has 0 saturated heterocycles. The number of aromatic nitrogens is 2. The fourth-order valence-electron chi connectivity index (χ4n) is 2.71. The third-order valence-corrected chi connectivity index (χ3v) is 3.69. The summed E-state index contributed by atoms with van der Waals surface area (Å²) in [7, 11) is 1.90. The number of hydrogen-bond donors (Lipinski definition) is 0. The fraction of sp³-hybridized carbons (Fsp3) is 0.0625. The van der Waals surface area contributed by atoms with Crippen LogP contribution in [0.3, 0.4) is 0 Å². The zero-order chi connectivity index (χ0) is 13.9. The first-order valence-corrected chi connectivity index (χ1v) is 6.27. The van der Waals surface area contributed by atoms with Gasteiger partial charge in [-0.1, -0.05) is 0 Å². The summed E-state index contributed by atoms with van der Waals surface area (Å²) < 4.78 is 28.7. The Bertz CT molecular complexity index is 986. The van der Waals surface area contributed by atoms with Crippen molar-refractivity contribution in [3.63, 3.8) is 0 Å². The van der Waals surface area contributed by atoms with Gasteiger partial charge in [-0.05, 0) is 42.5 Å². The van der Waals surface area contributed by atoms with Gasteiger partial charge in [0.1, 0.15) is 11.6 Å². The van der Waals surface area contributed by atoms with Crippen LogP contribution in [-0.4, -0.2) is 9.55 Å². The number of benzene rings is 2. The van der Waals surface area contributed by atoms with Crippen molar-refractivity contribution in [2.75, 3.05) is 0 Å². The van der Waals surface area contributed by atoms with Crippen LogP contribution >= 0.6 is 0 Å². The second-order valence-corrected chi connectivity index (χ2v) is 4.91. The average molecular weight is 268 g/mol. The lowest BCUT2D eigenvalue weighted by molar-refractivity contribution is 0.629. The molecule has 98 valence electrons. The fourth-order valence-corrected chi connectivity index (χ4v) is 2.71. The van der Waals surface area contributed by atoms with Gasteiger partial charge in [0.05, 0.1) is 22.1 Å². The number of aryl methyl sites for hydroxylation is 1. The highest BCUT2D eigenvalue weighted by molar-refractivity contribution is 6.08. The van der Waals surface area contributed by atoms with Crippen molar-refractivity contribution in [3.8, 4) is 0 Å². The lowest BCUT2D eigenvalue weighted by Gasteiger charge is -2.00. The summed E-state index contributed by atoms with van der Waals surface area (Å²) in [6, 6.07) is 11.0. The van der Waals surface area contributed by atoms with Gasteiger partial charge in [-0.3, -0.25) is 0 Å². The molecule has 0 saturated carbocycles. The number of rotatable bonds is 0. The quantitative estimate of drug-likeness (QED) is 0.468. The van der Waals surface area contributed by atoms with E-state index in [9.17, 15) is 8.78 Å². The number of hydrogen-bond acceptors (Lipinski definition) is 1. The van der Waals surface area contributed by atoms with Crippen LogP contribution < -0.4 is 0 Å². The Hall–Kier alpha value is -2.49. The minimum absolute atomic E-state index is 0.286. The van der Waals surface area contributed by atoms with Gasteiger partial charge >= 0.3 is 0 Å². The molecule has 4 heteroatoms. The highest BCUT2D eigenvalue weighted by Gasteiger charge is 2.11. The molecule has 2 aromatic heterocycles. The molecule has 4 aromatic rings. The van der Waals surface area contributed by atoms with Crippen LogP contribution in [-0.2, 0) is 7.05 Å². The highest BCUT2D eigenvalue weighted by atomic mass is 19.1. The van der Waals surface area contributed by atoms with E-state index in [-0.39, 0.29) is 11.6 Å². The predicted molar refractivity (Wildman–Crippen MR) is 75.6 cm³/mol. The normalized spacial score (nSPS) is 11.8. The van der Waals surface area contributed by atoms with Crippen molar-refractivity contribution in [1.29, 1.82) is 0 Å². The van der Waals surface area contributed by atoms with Gasteiger partial charge in [-0.25, -0.2) is 13.8 Å². The van der Waals surface area contributed by atoms with Gasteiger partial charge in [0.25, 0.3) is 0 Å². The molecule has 0 spiro atoms. The maximum atomic E-state index is 13.5. The Morgan fingerprint density at radius 2 is 1.65 bits per heavy atom. The van der Waals surface area contributed by atoms with E-state index in [1.165, 1.54) is 24.3 Å². The van der Waals surface area contributed by atoms with Crippen molar-refractivity contribution < 1.29 is 8.78 Å². The van der Waals surface area contributed by atoms with Gasteiger partial charge in [0.15, 0.2) is 0 Å². The number of pyridine rings is 1. The molecule has 0 aliphatic heterocycles. The van der Waals surface area contributed by atoms with Crippen molar-refractivity contribution >= 4 is 32.8 Å². The molecule has 2 nitrogen and oxygen atoms in total. The summed E-state index contributed by atoms with van der Waals surface area (Å²) >= 11 is 0. The molecule has 20 heavy (non-hydrogen) atoms. The van der Waals surface area contributed by atoms with E-state index in [1.807, 2.05) is 17.7 Å². The SMILES string of the molecule is Cn1c2ccc(F)cc2c2nc3ccc(F)cc3cc21. The molecule has 0 fully saturated rings. The Balaban J connectivity index is 2.25. The summed E-state index contributed by atoms with van der Waals surface area (Å²) in [5, 5.41) is 1.51. The maximum absolute atomic E-state index is 13.5. The molecule has 4 rings (SSSR count). The van der Waals surface area contributed by atoms with E-state index in [1.54, 1.807) is 12.1 Å². The number of halogens is 2. The van der Waals surface area contributed by atoms with Crippen LogP contribution in [0.15, 0.2) is 42.5 Å². The van der Waals surface area contributed by atoms with Crippen molar-refractivity contribution in [2.24, 2.45) is 7.05 Å². The summed E-state index contributed by atoms with van der Waals surface area (Å²) in [6.07, 6.45) is 0. The van der Waals surface area contributed by atoms with E-state index in [0.717, 1.165) is 27.3 Å². The van der Waals surface area contributed by atoms with Gasteiger partial charge in [0.2, 0.25) is 0 Å². The van der Waals surface area contributed by atoms with E-state index in [0.29, 0.717) is 5.52 Å². The molecule has 0 radical (unpaired) electrons. The van der Waals surface area contributed by atoms with Gasteiger partial charge in [-0.2, -0.15) is 0 Å². The molecule has 0 atom stereocenters. The predicted octanol–water partition coefficient (Wildman–Crippen LogP) is 4.16. The van der Waals surface area contributed by atoms with E-state index in [2.05, 4.69) is 4.98 Å². The summed E-state index contributed by atoms with van der Waals surface area (Å²) in [5.74, 6) is -0.575. The van der Waals surface area contributed by atoms with Crippen LogP contribution in [0, 0.1) is 11.6 Å². The van der Waals surface area contributed by atoms with Crippen LogP contribution in [0.2, 0.25) is 0 Å². The van der Waals surface area contributed by atoms with Crippen molar-refractivity contribution in [3.05, 3.63) is 54.1 Å². The summed E-state index contributed by atoms with van der Waals surface area (Å²) in [6.45, 7) is 0. The molecule has 0 aliphatic carbocycles. The molecule has 2 aromatic carbocycles. The molecular formula is C16H10F2N2. The molecule has 2 heterocycles. The largest absolute Gasteiger partial charge is 0.342 e. The Morgan fingerprint density at radius 1 is 0.900 bits per heavy atom. The molecule has 0 N–H and O–H groups in total. The maximum Gasteiger partial charge on any atom is 0.124 e. The van der Waals surface area contributed by atoms with Crippen LogP contribution in [0.25, 0.3) is 32.8 Å². The highest BCUT2D eigenvalue weighted by Crippen LogP contribution is 2.29. The standard InChI is InChI=1S/C16H10F2N2/c1-20-14-5-3-11(18)8-12(14)16-15(20)7-9-6-10(17)2-4-13(9)19-16/h2-8H,1H3. The second-order valence-electron chi connectivity index (χ2n) is 4.91. The number of fused-ring (bicyclic) bond motifs is 4. The zero-order valence-electron chi connectivity index (χ0n) is 10.7. The van der Waals surface area contributed by atoms with E-state index >= 15 is 0 Å². The molecule has 0 aliphatic rings. The first kappa shape index (κ1) is 11.3. The van der Waals surface area contributed by atoms with Crippen LogP contribution in [0.1, 0.15) is 0 Å². The van der Waals surface area contributed by atoms with Gasteiger partial charge in [-0.15, -0.1) is 0 Å². The minimum Gasteiger partial charge on any atom is -0.342 e. The van der Waals surface area contributed by atoms with Crippen molar-refractivity contribution in [1.82, 2.24) is 9.55 Å². The molecule has 0 bridgehead atoms. The van der Waals surface area contributed by atoms with Gasteiger partial charge in [0, 0.05) is 17.8 Å². The first-order chi connectivity index (χ1) is 9.63. The molecule has 0 amide bonds. The molecule has 0 unspecified atom stereocenters. The smallest absolute Gasteiger partial charge is 0.124 e. The zero-order valence-corrected chi connectivity index (χ0v) is 10.7. The van der Waals surface area contributed by atoms with Gasteiger partial charge < -0.3 is 4.57 Å². The lowest BCUT2D eigenvalue weighted by atomic mass is 10.1. The Labute approximate surface area is 113 Å². The lowest BCUT2D eigenvalue weighted by Crippen LogP contribution is -1.88. The Morgan fingerprint density at radius 3 is 2.50 bits per heavy atom. The van der Waals surface area contributed by atoms with Crippen LogP contribution in [0.5, 0.6) is 0 Å². The first-order valence-electron chi connectivity index (χ1n) is 6.27. The van der Waals surface area contributed by atoms with E-state index < -0.39 is 0 Å². The summed E-state index contributed by atoms with van der Waals surface area (Å²) in [5.41, 5.74) is 3.21. The van der Waals surface area contributed by atoms with Crippen LogP contribution in [0.4, 0.5) is 8.78 Å². The third kappa shape index (κ3) is 1.45. The molecular weight excluding hydrogens is 258 g/mol. The Kier molecular flexibility index (Phi) is 2.13. The van der Waals surface area contributed by atoms with E-state index in [4.69, 9.17) is 0 Å².